The van der Waals surface area contributed by atoms with Gasteiger partial charge in [0.2, 0.25) is 5.91 Å². The van der Waals surface area contributed by atoms with Crippen LogP contribution in [0.5, 0.6) is 5.75 Å². The fourth-order valence-corrected chi connectivity index (χ4v) is 2.29. The minimum absolute atomic E-state index is 0.181. The molecule has 0 aliphatic carbocycles. The van der Waals surface area contributed by atoms with Gasteiger partial charge in [-0.05, 0) is 23.6 Å². The summed E-state index contributed by atoms with van der Waals surface area (Å²) in [4.78, 5) is 12.6. The molecule has 19 heavy (non-hydrogen) atoms. The van der Waals surface area contributed by atoms with Crippen LogP contribution in [0.25, 0.3) is 0 Å². The number of thiophene rings is 1. The van der Waals surface area contributed by atoms with Gasteiger partial charge in [-0.15, -0.1) is 11.3 Å². The summed E-state index contributed by atoms with van der Waals surface area (Å²) < 4.78 is 5.47. The van der Waals surface area contributed by atoms with E-state index in [1.165, 1.54) is 11.3 Å². The van der Waals surface area contributed by atoms with Crippen LogP contribution in [-0.2, 0) is 4.79 Å². The smallest absolute Gasteiger partial charge is 0.242 e. The highest BCUT2D eigenvalue weighted by atomic mass is 32.1. The molecule has 0 saturated heterocycles. The van der Waals surface area contributed by atoms with Crippen LogP contribution in [0.4, 0.5) is 0 Å². The fourth-order valence-electron chi connectivity index (χ4n) is 1.57. The number of ether oxygens (including phenoxy) is 1. The molecule has 2 aromatic rings. The Morgan fingerprint density at radius 3 is 2.74 bits per heavy atom. The first-order valence-electron chi connectivity index (χ1n) is 6.02. The molecule has 5 heteroatoms. The van der Waals surface area contributed by atoms with Crippen molar-refractivity contribution in [1.82, 2.24) is 5.32 Å². The number of nitrogens with one attached hydrogen (secondary N) is 1. The summed E-state index contributed by atoms with van der Waals surface area (Å²) in [5.41, 5.74) is 5.83. The van der Waals surface area contributed by atoms with E-state index in [0.29, 0.717) is 13.2 Å². The van der Waals surface area contributed by atoms with Gasteiger partial charge in [0.25, 0.3) is 0 Å². The number of carbonyl (C=O) groups is 1. The van der Waals surface area contributed by atoms with Gasteiger partial charge in [-0.2, -0.15) is 0 Å². The lowest BCUT2D eigenvalue weighted by atomic mass is 10.2. The topological polar surface area (TPSA) is 64.4 Å². The lowest BCUT2D eigenvalue weighted by molar-refractivity contribution is -0.122. The van der Waals surface area contributed by atoms with Crippen molar-refractivity contribution in [2.75, 3.05) is 13.2 Å². The standard InChI is InChI=1S/C14H16N2O2S/c15-13(12-7-4-10-19-12)14(17)16-8-9-18-11-5-2-1-3-6-11/h1-7,10,13H,8-9,15H2,(H,16,17). The Labute approximate surface area is 116 Å². The van der Waals surface area contributed by atoms with Crippen LogP contribution in [0.15, 0.2) is 47.8 Å². The summed E-state index contributed by atoms with van der Waals surface area (Å²) in [7, 11) is 0. The Hall–Kier alpha value is -1.85. The summed E-state index contributed by atoms with van der Waals surface area (Å²) in [5, 5.41) is 4.66. The molecule has 0 aliphatic rings. The molecule has 0 aliphatic heterocycles. The molecule has 1 amide bonds. The van der Waals surface area contributed by atoms with Gasteiger partial charge >= 0.3 is 0 Å². The van der Waals surface area contributed by atoms with Crippen LogP contribution < -0.4 is 15.8 Å². The zero-order valence-corrected chi connectivity index (χ0v) is 11.2. The van der Waals surface area contributed by atoms with Gasteiger partial charge in [0, 0.05) is 4.88 Å². The van der Waals surface area contributed by atoms with Crippen LogP contribution in [0, 0.1) is 0 Å². The zero-order chi connectivity index (χ0) is 13.5. The monoisotopic (exact) mass is 276 g/mol. The third-order valence-corrected chi connectivity index (χ3v) is 3.50. The molecule has 1 aromatic heterocycles. The van der Waals surface area contributed by atoms with Crippen LogP contribution >= 0.6 is 11.3 Å². The average Bonchev–Trinajstić information content (AvgIpc) is 2.98. The van der Waals surface area contributed by atoms with Gasteiger partial charge < -0.3 is 15.8 Å². The number of para-hydroxylation sites is 1. The molecule has 1 aromatic carbocycles. The summed E-state index contributed by atoms with van der Waals surface area (Å²) in [5.74, 6) is 0.610. The first-order valence-corrected chi connectivity index (χ1v) is 6.90. The van der Waals surface area contributed by atoms with E-state index < -0.39 is 6.04 Å². The highest BCUT2D eigenvalue weighted by Crippen LogP contribution is 2.16. The van der Waals surface area contributed by atoms with Gasteiger partial charge in [-0.1, -0.05) is 24.3 Å². The van der Waals surface area contributed by atoms with Crippen LogP contribution in [0.1, 0.15) is 10.9 Å². The average molecular weight is 276 g/mol. The normalized spacial score (nSPS) is 11.8. The molecule has 4 nitrogen and oxygen atoms in total. The van der Waals surface area contributed by atoms with E-state index in [9.17, 15) is 4.79 Å². The summed E-state index contributed by atoms with van der Waals surface area (Å²) in [6, 6.07) is 12.6. The molecule has 100 valence electrons. The highest BCUT2D eigenvalue weighted by molar-refractivity contribution is 7.10. The lowest BCUT2D eigenvalue weighted by Crippen LogP contribution is -2.36. The number of rotatable bonds is 6. The summed E-state index contributed by atoms with van der Waals surface area (Å²) >= 11 is 1.48. The largest absolute Gasteiger partial charge is 0.492 e. The Kier molecular flexibility index (Phi) is 4.94. The van der Waals surface area contributed by atoms with Crippen molar-refractivity contribution in [1.29, 1.82) is 0 Å². The number of benzene rings is 1. The Morgan fingerprint density at radius 2 is 2.05 bits per heavy atom. The molecule has 0 saturated carbocycles. The van der Waals surface area contributed by atoms with E-state index in [0.717, 1.165) is 10.6 Å². The molecule has 3 N–H and O–H groups in total. The second kappa shape index (κ2) is 6.92. The second-order valence-corrected chi connectivity index (χ2v) is 4.92. The summed E-state index contributed by atoms with van der Waals surface area (Å²) in [6.45, 7) is 0.861. The number of nitrogens with two attached hydrogens (primary N) is 1. The molecular formula is C14H16N2O2S. The molecule has 2 rings (SSSR count). The highest BCUT2D eigenvalue weighted by Gasteiger charge is 2.15. The van der Waals surface area contributed by atoms with Crippen molar-refractivity contribution in [3.05, 3.63) is 52.7 Å². The second-order valence-electron chi connectivity index (χ2n) is 3.95. The van der Waals surface area contributed by atoms with Crippen molar-refractivity contribution >= 4 is 17.2 Å². The molecule has 1 unspecified atom stereocenters. The third kappa shape index (κ3) is 4.08. The van der Waals surface area contributed by atoms with Gasteiger partial charge in [0.05, 0.1) is 6.54 Å². The first kappa shape index (κ1) is 13.6. The molecule has 0 bridgehead atoms. The van der Waals surface area contributed by atoms with Gasteiger partial charge in [0.15, 0.2) is 0 Å². The fraction of sp³-hybridized carbons (Fsp3) is 0.214. The van der Waals surface area contributed by atoms with Gasteiger partial charge in [-0.3, -0.25) is 4.79 Å². The van der Waals surface area contributed by atoms with E-state index in [1.54, 1.807) is 0 Å². The van der Waals surface area contributed by atoms with E-state index in [-0.39, 0.29) is 5.91 Å². The number of hydrogen-bond acceptors (Lipinski definition) is 4. The molecule has 0 radical (unpaired) electrons. The number of carbonyl (C=O) groups excluding carboxylic acids is 1. The molecule has 0 spiro atoms. The van der Waals surface area contributed by atoms with Crippen molar-refractivity contribution in [2.45, 2.75) is 6.04 Å². The SMILES string of the molecule is NC(C(=O)NCCOc1ccccc1)c1cccs1. The predicted molar refractivity (Wildman–Crippen MR) is 76.2 cm³/mol. The zero-order valence-electron chi connectivity index (χ0n) is 10.4. The Balaban J connectivity index is 1.70. The maximum atomic E-state index is 11.8. The van der Waals surface area contributed by atoms with Crippen molar-refractivity contribution in [2.24, 2.45) is 5.73 Å². The van der Waals surface area contributed by atoms with E-state index in [1.807, 2.05) is 47.8 Å². The quantitative estimate of drug-likeness (QED) is 0.793. The minimum atomic E-state index is -0.600. The third-order valence-electron chi connectivity index (χ3n) is 2.55. The predicted octanol–water partition coefficient (Wildman–Crippen LogP) is 1.94. The van der Waals surface area contributed by atoms with E-state index >= 15 is 0 Å². The van der Waals surface area contributed by atoms with Crippen molar-refractivity contribution in [3.8, 4) is 5.75 Å². The van der Waals surface area contributed by atoms with Crippen LogP contribution in [-0.4, -0.2) is 19.1 Å². The molecule has 1 atom stereocenters. The van der Waals surface area contributed by atoms with Crippen LogP contribution in [0.2, 0.25) is 0 Å². The van der Waals surface area contributed by atoms with E-state index in [4.69, 9.17) is 10.5 Å². The Morgan fingerprint density at radius 1 is 1.26 bits per heavy atom. The molecule has 0 fully saturated rings. The van der Waals surface area contributed by atoms with Crippen molar-refractivity contribution < 1.29 is 9.53 Å². The molecule has 1 heterocycles. The lowest BCUT2D eigenvalue weighted by Gasteiger charge is -2.11. The maximum Gasteiger partial charge on any atom is 0.242 e. The molecular weight excluding hydrogens is 260 g/mol. The van der Waals surface area contributed by atoms with Gasteiger partial charge in [-0.25, -0.2) is 0 Å². The van der Waals surface area contributed by atoms with Gasteiger partial charge in [0.1, 0.15) is 18.4 Å². The maximum absolute atomic E-state index is 11.8. The number of amides is 1. The number of hydrogen-bond donors (Lipinski definition) is 2. The Bertz CT molecular complexity index is 499. The van der Waals surface area contributed by atoms with Crippen LogP contribution in [0.3, 0.4) is 0 Å². The first-order chi connectivity index (χ1) is 9.27. The van der Waals surface area contributed by atoms with Crippen molar-refractivity contribution in [3.63, 3.8) is 0 Å². The minimum Gasteiger partial charge on any atom is -0.492 e. The van der Waals surface area contributed by atoms with E-state index in [2.05, 4.69) is 5.32 Å². The summed E-state index contributed by atoms with van der Waals surface area (Å²) in [6.07, 6.45) is 0.